The second-order valence-corrected chi connectivity index (χ2v) is 5.95. The van der Waals surface area contributed by atoms with Gasteiger partial charge in [-0.1, -0.05) is 18.2 Å². The van der Waals surface area contributed by atoms with Crippen LogP contribution >= 0.6 is 0 Å². The zero-order valence-electron chi connectivity index (χ0n) is 16.2. The van der Waals surface area contributed by atoms with Crippen LogP contribution in [0.25, 0.3) is 0 Å². The van der Waals surface area contributed by atoms with Gasteiger partial charge in [0, 0.05) is 13.1 Å². The minimum absolute atomic E-state index is 0.171. The number of benzene rings is 2. The van der Waals surface area contributed by atoms with Crippen LogP contribution in [-0.4, -0.2) is 39.9 Å². The molecule has 0 fully saturated rings. The first kappa shape index (κ1) is 20.4. The van der Waals surface area contributed by atoms with Crippen molar-refractivity contribution in [2.24, 2.45) is 0 Å². The van der Waals surface area contributed by atoms with Gasteiger partial charge in [-0.2, -0.15) is 0 Å². The van der Waals surface area contributed by atoms with Gasteiger partial charge < -0.3 is 24.8 Å². The molecule has 2 rings (SSSR count). The minimum Gasteiger partial charge on any atom is -0.497 e. The van der Waals surface area contributed by atoms with E-state index < -0.39 is 0 Å². The van der Waals surface area contributed by atoms with Crippen molar-refractivity contribution in [3.05, 3.63) is 53.6 Å². The van der Waals surface area contributed by atoms with Crippen molar-refractivity contribution < 1.29 is 19.0 Å². The molecule has 0 bridgehead atoms. The summed E-state index contributed by atoms with van der Waals surface area (Å²) < 4.78 is 16.1. The molecule has 0 unspecified atom stereocenters. The van der Waals surface area contributed by atoms with Crippen molar-refractivity contribution in [2.75, 3.05) is 33.9 Å². The number of carbonyl (C=O) groups is 1. The van der Waals surface area contributed by atoms with Gasteiger partial charge in [0.25, 0.3) is 0 Å². The van der Waals surface area contributed by atoms with E-state index in [0.29, 0.717) is 31.9 Å². The molecule has 0 saturated heterocycles. The van der Waals surface area contributed by atoms with E-state index in [2.05, 4.69) is 10.6 Å². The van der Waals surface area contributed by atoms with Crippen LogP contribution in [-0.2, 0) is 12.8 Å². The van der Waals surface area contributed by atoms with Gasteiger partial charge in [-0.05, 0) is 55.2 Å². The standard InChI is InChI=1S/C21H28N2O4/c1-4-27-19-9-8-17(15-20(19)26-3)11-13-23-21(24)22-12-10-16-6-5-7-18(14-16)25-2/h5-9,14-15H,4,10-13H2,1-3H3,(H2,22,23,24). The van der Waals surface area contributed by atoms with Gasteiger partial charge in [0.05, 0.1) is 20.8 Å². The summed E-state index contributed by atoms with van der Waals surface area (Å²) in [6.45, 7) is 3.63. The third-order valence-corrected chi connectivity index (χ3v) is 4.06. The molecule has 0 spiro atoms. The summed E-state index contributed by atoms with van der Waals surface area (Å²) in [5, 5.41) is 5.74. The molecule has 2 amide bonds. The first-order valence-corrected chi connectivity index (χ1v) is 9.10. The highest BCUT2D eigenvalue weighted by atomic mass is 16.5. The summed E-state index contributed by atoms with van der Waals surface area (Å²) in [4.78, 5) is 11.9. The molecule has 0 radical (unpaired) electrons. The number of carbonyl (C=O) groups excluding carboxylic acids is 1. The topological polar surface area (TPSA) is 68.8 Å². The summed E-state index contributed by atoms with van der Waals surface area (Å²) in [6.07, 6.45) is 1.47. The molecule has 2 aromatic rings. The summed E-state index contributed by atoms with van der Waals surface area (Å²) in [5.41, 5.74) is 2.20. The Morgan fingerprint density at radius 3 is 2.22 bits per heavy atom. The largest absolute Gasteiger partial charge is 0.497 e. The monoisotopic (exact) mass is 372 g/mol. The van der Waals surface area contributed by atoms with Gasteiger partial charge in [-0.3, -0.25) is 0 Å². The van der Waals surface area contributed by atoms with E-state index in [1.807, 2.05) is 49.4 Å². The molecule has 2 N–H and O–H groups in total. The van der Waals surface area contributed by atoms with Crippen molar-refractivity contribution in [1.29, 1.82) is 0 Å². The summed E-state index contributed by atoms with van der Waals surface area (Å²) in [6, 6.07) is 13.5. The Balaban J connectivity index is 1.71. The van der Waals surface area contributed by atoms with E-state index in [-0.39, 0.29) is 6.03 Å². The average molecular weight is 372 g/mol. The Kier molecular flexibility index (Phi) is 8.29. The lowest BCUT2D eigenvalue weighted by Gasteiger charge is -2.12. The predicted octanol–water partition coefficient (Wildman–Crippen LogP) is 3.19. The van der Waals surface area contributed by atoms with Crippen LogP contribution in [0.3, 0.4) is 0 Å². The fourth-order valence-corrected chi connectivity index (χ4v) is 2.67. The van der Waals surface area contributed by atoms with Crippen molar-refractivity contribution in [2.45, 2.75) is 19.8 Å². The lowest BCUT2D eigenvalue weighted by Crippen LogP contribution is -2.37. The Labute approximate surface area is 160 Å². The van der Waals surface area contributed by atoms with Gasteiger partial charge in [-0.25, -0.2) is 4.79 Å². The number of rotatable bonds is 10. The number of hydrogen-bond acceptors (Lipinski definition) is 4. The molecule has 0 saturated carbocycles. The third kappa shape index (κ3) is 6.73. The van der Waals surface area contributed by atoms with Crippen LogP contribution in [0.1, 0.15) is 18.1 Å². The maximum Gasteiger partial charge on any atom is 0.314 e. The van der Waals surface area contributed by atoms with Crippen LogP contribution in [0.2, 0.25) is 0 Å². The lowest BCUT2D eigenvalue weighted by molar-refractivity contribution is 0.241. The fraction of sp³-hybridized carbons (Fsp3) is 0.381. The number of methoxy groups -OCH3 is 2. The molecule has 6 nitrogen and oxygen atoms in total. The molecule has 0 aliphatic heterocycles. The number of hydrogen-bond donors (Lipinski definition) is 2. The smallest absolute Gasteiger partial charge is 0.314 e. The van der Waals surface area contributed by atoms with E-state index in [9.17, 15) is 4.79 Å². The first-order valence-electron chi connectivity index (χ1n) is 9.10. The van der Waals surface area contributed by atoms with Crippen molar-refractivity contribution in [3.8, 4) is 17.2 Å². The molecule has 27 heavy (non-hydrogen) atoms. The molecule has 0 aromatic heterocycles. The van der Waals surface area contributed by atoms with Crippen LogP contribution in [0.4, 0.5) is 4.79 Å². The Hall–Kier alpha value is -2.89. The van der Waals surface area contributed by atoms with Crippen molar-refractivity contribution in [1.82, 2.24) is 10.6 Å². The van der Waals surface area contributed by atoms with Crippen molar-refractivity contribution >= 4 is 6.03 Å². The maximum absolute atomic E-state index is 11.9. The van der Waals surface area contributed by atoms with Crippen LogP contribution < -0.4 is 24.8 Å². The van der Waals surface area contributed by atoms with Crippen LogP contribution in [0, 0.1) is 0 Å². The first-order chi connectivity index (χ1) is 13.2. The molecule has 146 valence electrons. The van der Waals surface area contributed by atoms with E-state index in [0.717, 1.165) is 29.0 Å². The van der Waals surface area contributed by atoms with Gasteiger partial charge in [0.15, 0.2) is 11.5 Å². The van der Waals surface area contributed by atoms with E-state index in [1.165, 1.54) is 0 Å². The molecular weight excluding hydrogens is 344 g/mol. The zero-order valence-corrected chi connectivity index (χ0v) is 16.2. The SMILES string of the molecule is CCOc1ccc(CCNC(=O)NCCc2cccc(OC)c2)cc1OC. The van der Waals surface area contributed by atoms with Gasteiger partial charge in [-0.15, -0.1) is 0 Å². The van der Waals surface area contributed by atoms with E-state index >= 15 is 0 Å². The fourth-order valence-electron chi connectivity index (χ4n) is 2.67. The lowest BCUT2D eigenvalue weighted by atomic mass is 10.1. The highest BCUT2D eigenvalue weighted by molar-refractivity contribution is 5.73. The van der Waals surface area contributed by atoms with Gasteiger partial charge in [0.2, 0.25) is 0 Å². The zero-order chi connectivity index (χ0) is 19.5. The van der Waals surface area contributed by atoms with Gasteiger partial charge in [0.1, 0.15) is 5.75 Å². The third-order valence-electron chi connectivity index (χ3n) is 4.06. The number of urea groups is 1. The highest BCUT2D eigenvalue weighted by Crippen LogP contribution is 2.28. The van der Waals surface area contributed by atoms with E-state index in [1.54, 1.807) is 14.2 Å². The second kappa shape index (κ2) is 11.0. The predicted molar refractivity (Wildman–Crippen MR) is 106 cm³/mol. The van der Waals surface area contributed by atoms with Crippen LogP contribution in [0.15, 0.2) is 42.5 Å². The van der Waals surface area contributed by atoms with Gasteiger partial charge >= 0.3 is 6.03 Å². The highest BCUT2D eigenvalue weighted by Gasteiger charge is 2.06. The molecule has 0 heterocycles. The average Bonchev–Trinajstić information content (AvgIpc) is 2.69. The minimum atomic E-state index is -0.171. The summed E-state index contributed by atoms with van der Waals surface area (Å²) in [5.74, 6) is 2.26. The molecule has 0 atom stereocenters. The maximum atomic E-state index is 11.9. The normalized spacial score (nSPS) is 10.2. The Morgan fingerprint density at radius 1 is 0.889 bits per heavy atom. The summed E-state index contributed by atoms with van der Waals surface area (Å²) >= 11 is 0. The molecule has 2 aromatic carbocycles. The number of ether oxygens (including phenoxy) is 3. The Morgan fingerprint density at radius 2 is 1.59 bits per heavy atom. The summed E-state index contributed by atoms with van der Waals surface area (Å²) in [7, 11) is 3.26. The molecular formula is C21H28N2O4. The molecule has 6 heteroatoms. The molecule has 0 aliphatic rings. The Bertz CT molecular complexity index is 734. The number of amides is 2. The van der Waals surface area contributed by atoms with E-state index in [4.69, 9.17) is 14.2 Å². The molecule has 0 aliphatic carbocycles. The number of nitrogens with one attached hydrogen (secondary N) is 2. The van der Waals surface area contributed by atoms with Crippen LogP contribution in [0.5, 0.6) is 17.2 Å². The quantitative estimate of drug-likeness (QED) is 0.672. The second-order valence-electron chi connectivity index (χ2n) is 5.95. The van der Waals surface area contributed by atoms with Crippen molar-refractivity contribution in [3.63, 3.8) is 0 Å².